The van der Waals surface area contributed by atoms with Crippen molar-refractivity contribution in [3.63, 3.8) is 0 Å². The SMILES string of the molecule is CC(C)OCC(=O)N1CCCC1CCCO. The monoisotopic (exact) mass is 229 g/mol. The van der Waals surface area contributed by atoms with Gasteiger partial charge in [0.2, 0.25) is 5.91 Å². The topological polar surface area (TPSA) is 49.8 Å². The molecule has 1 atom stereocenters. The van der Waals surface area contributed by atoms with Gasteiger partial charge in [0.1, 0.15) is 6.61 Å². The van der Waals surface area contributed by atoms with Crippen LogP contribution in [0.25, 0.3) is 0 Å². The fourth-order valence-corrected chi connectivity index (χ4v) is 2.11. The van der Waals surface area contributed by atoms with E-state index < -0.39 is 0 Å². The quantitative estimate of drug-likeness (QED) is 0.744. The van der Waals surface area contributed by atoms with Crippen molar-refractivity contribution in [2.24, 2.45) is 0 Å². The van der Waals surface area contributed by atoms with Crippen molar-refractivity contribution in [1.29, 1.82) is 0 Å². The molecule has 0 spiro atoms. The second-order valence-corrected chi connectivity index (χ2v) is 4.61. The molecule has 1 heterocycles. The van der Waals surface area contributed by atoms with Gasteiger partial charge in [0.15, 0.2) is 0 Å². The Labute approximate surface area is 97.6 Å². The molecule has 1 amide bonds. The second kappa shape index (κ2) is 6.86. The van der Waals surface area contributed by atoms with E-state index in [4.69, 9.17) is 9.84 Å². The number of likely N-dealkylation sites (tertiary alicyclic amines) is 1. The minimum Gasteiger partial charge on any atom is -0.396 e. The summed E-state index contributed by atoms with van der Waals surface area (Å²) in [5.41, 5.74) is 0. The van der Waals surface area contributed by atoms with E-state index in [-0.39, 0.29) is 25.2 Å². The molecule has 16 heavy (non-hydrogen) atoms. The van der Waals surface area contributed by atoms with Gasteiger partial charge in [-0.2, -0.15) is 0 Å². The molecule has 1 rings (SSSR count). The molecule has 4 heteroatoms. The number of hydrogen-bond donors (Lipinski definition) is 1. The van der Waals surface area contributed by atoms with E-state index in [1.807, 2.05) is 18.7 Å². The van der Waals surface area contributed by atoms with Crippen molar-refractivity contribution in [3.8, 4) is 0 Å². The molecule has 1 N–H and O–H groups in total. The molecule has 0 saturated carbocycles. The summed E-state index contributed by atoms with van der Waals surface area (Å²) in [6, 6.07) is 0.315. The number of rotatable bonds is 6. The molecule has 94 valence electrons. The highest BCUT2D eigenvalue weighted by Crippen LogP contribution is 2.21. The first kappa shape index (κ1) is 13.5. The Bertz CT molecular complexity index is 218. The summed E-state index contributed by atoms with van der Waals surface area (Å²) < 4.78 is 5.33. The minimum atomic E-state index is 0.0918. The molecule has 1 aliphatic heterocycles. The molecule has 0 aromatic carbocycles. The number of carbonyl (C=O) groups excluding carboxylic acids is 1. The highest BCUT2D eigenvalue weighted by Gasteiger charge is 2.27. The summed E-state index contributed by atoms with van der Waals surface area (Å²) in [5.74, 6) is 0.0918. The lowest BCUT2D eigenvalue weighted by atomic mass is 10.1. The van der Waals surface area contributed by atoms with Gasteiger partial charge in [-0.3, -0.25) is 4.79 Å². The largest absolute Gasteiger partial charge is 0.396 e. The molecule has 1 saturated heterocycles. The maximum atomic E-state index is 11.9. The van der Waals surface area contributed by atoms with Crippen LogP contribution in [0.2, 0.25) is 0 Å². The van der Waals surface area contributed by atoms with Gasteiger partial charge in [0.05, 0.1) is 6.10 Å². The third kappa shape index (κ3) is 4.10. The lowest BCUT2D eigenvalue weighted by molar-refractivity contribution is -0.138. The zero-order chi connectivity index (χ0) is 12.0. The summed E-state index contributed by atoms with van der Waals surface area (Å²) in [7, 11) is 0. The molecule has 1 unspecified atom stereocenters. The number of ether oxygens (including phenoxy) is 1. The van der Waals surface area contributed by atoms with Crippen molar-refractivity contribution in [1.82, 2.24) is 4.90 Å². The Kier molecular flexibility index (Phi) is 5.77. The normalized spacial score (nSPS) is 20.8. The molecule has 1 aliphatic rings. The number of nitrogens with zero attached hydrogens (tertiary/aromatic N) is 1. The molecule has 4 nitrogen and oxygen atoms in total. The molecule has 1 fully saturated rings. The van der Waals surface area contributed by atoms with Crippen LogP contribution in [-0.4, -0.2) is 47.8 Å². The Hall–Kier alpha value is -0.610. The van der Waals surface area contributed by atoms with Crippen molar-refractivity contribution >= 4 is 5.91 Å². The first-order chi connectivity index (χ1) is 7.65. The van der Waals surface area contributed by atoms with E-state index in [1.54, 1.807) is 0 Å². The summed E-state index contributed by atoms with van der Waals surface area (Å²) >= 11 is 0. The van der Waals surface area contributed by atoms with Crippen molar-refractivity contribution < 1.29 is 14.6 Å². The predicted molar refractivity (Wildman–Crippen MR) is 62.1 cm³/mol. The van der Waals surface area contributed by atoms with Gasteiger partial charge < -0.3 is 14.7 Å². The van der Waals surface area contributed by atoms with E-state index >= 15 is 0 Å². The van der Waals surface area contributed by atoms with Gasteiger partial charge in [-0.05, 0) is 39.5 Å². The Balaban J connectivity index is 2.35. The summed E-state index contributed by atoms with van der Waals surface area (Å²) in [6.45, 7) is 5.10. The fourth-order valence-electron chi connectivity index (χ4n) is 2.11. The number of aliphatic hydroxyl groups excluding tert-OH is 1. The lowest BCUT2D eigenvalue weighted by Gasteiger charge is -2.24. The average Bonchev–Trinajstić information content (AvgIpc) is 2.71. The Morgan fingerprint density at radius 3 is 2.94 bits per heavy atom. The lowest BCUT2D eigenvalue weighted by Crippen LogP contribution is -2.38. The number of amides is 1. The van der Waals surface area contributed by atoms with E-state index in [1.165, 1.54) is 0 Å². The molecule has 0 bridgehead atoms. The van der Waals surface area contributed by atoms with Gasteiger partial charge >= 0.3 is 0 Å². The van der Waals surface area contributed by atoms with Crippen molar-refractivity contribution in [2.45, 2.75) is 51.7 Å². The van der Waals surface area contributed by atoms with Crippen LogP contribution in [0, 0.1) is 0 Å². The summed E-state index contributed by atoms with van der Waals surface area (Å²) in [6.07, 6.45) is 3.92. The van der Waals surface area contributed by atoms with Gasteiger partial charge in [0, 0.05) is 19.2 Å². The second-order valence-electron chi connectivity index (χ2n) is 4.61. The minimum absolute atomic E-state index is 0.0918. The van der Waals surface area contributed by atoms with Crippen LogP contribution in [-0.2, 0) is 9.53 Å². The molecule has 0 aromatic rings. The van der Waals surface area contributed by atoms with Crippen LogP contribution in [0.15, 0.2) is 0 Å². The number of carbonyl (C=O) groups is 1. The zero-order valence-electron chi connectivity index (χ0n) is 10.3. The molecular formula is C12H23NO3. The van der Waals surface area contributed by atoms with Gasteiger partial charge in [-0.15, -0.1) is 0 Å². The molecule has 0 radical (unpaired) electrons. The number of aliphatic hydroxyl groups is 1. The maximum absolute atomic E-state index is 11.9. The summed E-state index contributed by atoms with van der Waals surface area (Å²) in [5, 5.41) is 8.80. The Morgan fingerprint density at radius 1 is 1.56 bits per heavy atom. The fraction of sp³-hybridized carbons (Fsp3) is 0.917. The maximum Gasteiger partial charge on any atom is 0.248 e. The zero-order valence-corrected chi connectivity index (χ0v) is 10.3. The third-order valence-electron chi connectivity index (χ3n) is 2.93. The first-order valence-corrected chi connectivity index (χ1v) is 6.17. The van der Waals surface area contributed by atoms with E-state index in [0.717, 1.165) is 32.2 Å². The molecule has 0 aromatic heterocycles. The predicted octanol–water partition coefficient (Wildman–Crippen LogP) is 1.17. The van der Waals surface area contributed by atoms with Crippen LogP contribution in [0.1, 0.15) is 39.5 Å². The number of hydrogen-bond acceptors (Lipinski definition) is 3. The highest BCUT2D eigenvalue weighted by atomic mass is 16.5. The standard InChI is InChI=1S/C12H23NO3/c1-10(2)16-9-12(15)13-7-3-5-11(13)6-4-8-14/h10-11,14H,3-9H2,1-2H3. The van der Waals surface area contributed by atoms with Gasteiger partial charge in [0.25, 0.3) is 0 Å². The van der Waals surface area contributed by atoms with Crippen LogP contribution in [0.5, 0.6) is 0 Å². The van der Waals surface area contributed by atoms with Gasteiger partial charge in [-0.25, -0.2) is 0 Å². The third-order valence-corrected chi connectivity index (χ3v) is 2.93. The van der Waals surface area contributed by atoms with Crippen molar-refractivity contribution in [2.75, 3.05) is 19.8 Å². The molecular weight excluding hydrogens is 206 g/mol. The molecule has 0 aliphatic carbocycles. The Morgan fingerprint density at radius 2 is 2.31 bits per heavy atom. The van der Waals surface area contributed by atoms with Crippen LogP contribution in [0.4, 0.5) is 0 Å². The van der Waals surface area contributed by atoms with E-state index in [0.29, 0.717) is 6.04 Å². The van der Waals surface area contributed by atoms with Crippen LogP contribution >= 0.6 is 0 Å². The first-order valence-electron chi connectivity index (χ1n) is 6.17. The summed E-state index contributed by atoms with van der Waals surface area (Å²) in [4.78, 5) is 13.8. The van der Waals surface area contributed by atoms with Gasteiger partial charge in [-0.1, -0.05) is 0 Å². The van der Waals surface area contributed by atoms with Crippen LogP contribution in [0.3, 0.4) is 0 Å². The van der Waals surface area contributed by atoms with E-state index in [9.17, 15) is 4.79 Å². The smallest absolute Gasteiger partial charge is 0.248 e. The average molecular weight is 229 g/mol. The van der Waals surface area contributed by atoms with Crippen LogP contribution < -0.4 is 0 Å². The van der Waals surface area contributed by atoms with Crippen molar-refractivity contribution in [3.05, 3.63) is 0 Å². The highest BCUT2D eigenvalue weighted by molar-refractivity contribution is 5.78. The van der Waals surface area contributed by atoms with E-state index in [2.05, 4.69) is 0 Å².